The van der Waals surface area contributed by atoms with Crippen molar-refractivity contribution in [3.05, 3.63) is 28.8 Å². The first-order valence-corrected chi connectivity index (χ1v) is 6.74. The molecular formula is C15H19ClN2. The number of hydrogen-bond acceptors (Lipinski definition) is 2. The number of anilines is 1. The molecule has 1 atom stereocenters. The van der Waals surface area contributed by atoms with Gasteiger partial charge in [0.2, 0.25) is 0 Å². The van der Waals surface area contributed by atoms with Gasteiger partial charge in [-0.05, 0) is 36.0 Å². The van der Waals surface area contributed by atoms with Gasteiger partial charge >= 0.3 is 0 Å². The number of nitriles is 1. The van der Waals surface area contributed by atoms with Crippen molar-refractivity contribution < 1.29 is 0 Å². The summed E-state index contributed by atoms with van der Waals surface area (Å²) >= 11 is 6.26. The molecule has 0 bridgehead atoms. The van der Waals surface area contributed by atoms with E-state index in [1.54, 1.807) is 6.07 Å². The standard InChI is InChI=1S/C15H19ClN2/c1-15(2,3)12-6-7-18(10-12)14-5-4-11(9-17)8-13(14)16/h4-5,8,12H,6-7,10H2,1-3H3. The minimum atomic E-state index is 0.341. The quantitative estimate of drug-likeness (QED) is 0.762. The maximum Gasteiger partial charge on any atom is 0.0992 e. The molecule has 96 valence electrons. The van der Waals surface area contributed by atoms with Gasteiger partial charge in [-0.2, -0.15) is 5.26 Å². The third kappa shape index (κ3) is 2.62. The predicted molar refractivity (Wildman–Crippen MR) is 75.9 cm³/mol. The average Bonchev–Trinajstić information content (AvgIpc) is 2.77. The highest BCUT2D eigenvalue weighted by Crippen LogP contribution is 2.37. The van der Waals surface area contributed by atoms with E-state index in [2.05, 4.69) is 31.7 Å². The van der Waals surface area contributed by atoms with Gasteiger partial charge in [-0.25, -0.2) is 0 Å². The highest BCUT2D eigenvalue weighted by Gasteiger charge is 2.32. The molecule has 2 rings (SSSR count). The summed E-state index contributed by atoms with van der Waals surface area (Å²) in [5.41, 5.74) is 2.02. The highest BCUT2D eigenvalue weighted by atomic mass is 35.5. The van der Waals surface area contributed by atoms with E-state index in [0.717, 1.165) is 18.8 Å². The van der Waals surface area contributed by atoms with Gasteiger partial charge < -0.3 is 4.90 Å². The van der Waals surface area contributed by atoms with E-state index in [1.807, 2.05) is 12.1 Å². The van der Waals surface area contributed by atoms with Crippen molar-refractivity contribution in [1.82, 2.24) is 0 Å². The van der Waals surface area contributed by atoms with Gasteiger partial charge in [0.05, 0.1) is 22.3 Å². The maximum absolute atomic E-state index is 8.84. The van der Waals surface area contributed by atoms with Gasteiger partial charge in [0.25, 0.3) is 0 Å². The molecule has 1 aromatic rings. The molecule has 1 aliphatic rings. The van der Waals surface area contributed by atoms with Crippen molar-refractivity contribution in [3.8, 4) is 6.07 Å². The topological polar surface area (TPSA) is 27.0 Å². The lowest BCUT2D eigenvalue weighted by Gasteiger charge is -2.27. The second kappa shape index (κ2) is 4.82. The van der Waals surface area contributed by atoms with Crippen molar-refractivity contribution in [2.45, 2.75) is 27.2 Å². The van der Waals surface area contributed by atoms with Crippen molar-refractivity contribution >= 4 is 17.3 Å². The zero-order valence-corrected chi connectivity index (χ0v) is 12.0. The molecule has 1 fully saturated rings. The second-order valence-corrected chi connectivity index (χ2v) is 6.48. The van der Waals surface area contributed by atoms with Crippen LogP contribution in [0.3, 0.4) is 0 Å². The van der Waals surface area contributed by atoms with Crippen molar-refractivity contribution in [1.29, 1.82) is 5.26 Å². The first-order valence-electron chi connectivity index (χ1n) is 6.36. The Hall–Kier alpha value is -1.20. The first kappa shape index (κ1) is 13.2. The van der Waals surface area contributed by atoms with Crippen LogP contribution in [0.5, 0.6) is 0 Å². The fourth-order valence-electron chi connectivity index (χ4n) is 2.52. The minimum Gasteiger partial charge on any atom is -0.370 e. The summed E-state index contributed by atoms with van der Waals surface area (Å²) in [6, 6.07) is 7.67. The van der Waals surface area contributed by atoms with Crippen LogP contribution in [-0.4, -0.2) is 13.1 Å². The van der Waals surface area contributed by atoms with Crippen LogP contribution >= 0.6 is 11.6 Å². The summed E-state index contributed by atoms with van der Waals surface area (Å²) in [6.07, 6.45) is 1.21. The summed E-state index contributed by atoms with van der Waals surface area (Å²) in [5.74, 6) is 0.698. The molecule has 0 N–H and O–H groups in total. The van der Waals surface area contributed by atoms with Crippen molar-refractivity contribution in [2.24, 2.45) is 11.3 Å². The Morgan fingerprint density at radius 3 is 2.61 bits per heavy atom. The first-order chi connectivity index (χ1) is 8.41. The molecule has 0 radical (unpaired) electrons. The normalized spacial score (nSPS) is 19.9. The van der Waals surface area contributed by atoms with E-state index in [4.69, 9.17) is 16.9 Å². The number of hydrogen-bond donors (Lipinski definition) is 0. The van der Waals surface area contributed by atoms with Gasteiger partial charge in [-0.15, -0.1) is 0 Å². The molecule has 0 spiro atoms. The van der Waals surface area contributed by atoms with Crippen LogP contribution in [0, 0.1) is 22.7 Å². The van der Waals surface area contributed by atoms with Crippen LogP contribution in [0.2, 0.25) is 5.02 Å². The van der Waals surface area contributed by atoms with Crippen LogP contribution in [0.4, 0.5) is 5.69 Å². The Kier molecular flexibility index (Phi) is 3.54. The summed E-state index contributed by atoms with van der Waals surface area (Å²) in [6.45, 7) is 8.98. The molecule has 2 nitrogen and oxygen atoms in total. The Morgan fingerprint density at radius 2 is 2.11 bits per heavy atom. The smallest absolute Gasteiger partial charge is 0.0992 e. The van der Waals surface area contributed by atoms with E-state index < -0.39 is 0 Å². The zero-order valence-electron chi connectivity index (χ0n) is 11.2. The van der Waals surface area contributed by atoms with Crippen LogP contribution in [0.25, 0.3) is 0 Å². The third-order valence-electron chi connectivity index (χ3n) is 3.83. The van der Waals surface area contributed by atoms with Gasteiger partial charge in [0.15, 0.2) is 0 Å². The van der Waals surface area contributed by atoms with E-state index in [9.17, 15) is 0 Å². The molecule has 0 aromatic heterocycles. The molecule has 1 heterocycles. The summed E-state index contributed by atoms with van der Waals surface area (Å²) in [7, 11) is 0. The third-order valence-corrected chi connectivity index (χ3v) is 4.13. The van der Waals surface area contributed by atoms with Gasteiger partial charge in [0, 0.05) is 13.1 Å². The number of halogens is 1. The van der Waals surface area contributed by atoms with E-state index in [-0.39, 0.29) is 0 Å². The lowest BCUT2D eigenvalue weighted by Crippen LogP contribution is -2.25. The summed E-state index contributed by atoms with van der Waals surface area (Å²) < 4.78 is 0. The largest absolute Gasteiger partial charge is 0.370 e. The number of rotatable bonds is 1. The fourth-order valence-corrected chi connectivity index (χ4v) is 2.82. The Balaban J connectivity index is 2.18. The molecule has 0 aliphatic carbocycles. The van der Waals surface area contributed by atoms with E-state index in [0.29, 0.717) is 21.9 Å². The van der Waals surface area contributed by atoms with Gasteiger partial charge in [-0.1, -0.05) is 32.4 Å². The molecule has 0 saturated carbocycles. The zero-order chi connectivity index (χ0) is 13.3. The molecule has 1 unspecified atom stereocenters. The minimum absolute atomic E-state index is 0.341. The monoisotopic (exact) mass is 262 g/mol. The summed E-state index contributed by atoms with van der Waals surface area (Å²) in [4.78, 5) is 2.33. The Labute approximate surface area is 114 Å². The molecule has 1 aromatic carbocycles. The maximum atomic E-state index is 8.84. The number of benzene rings is 1. The SMILES string of the molecule is CC(C)(C)C1CCN(c2ccc(C#N)cc2Cl)C1. The predicted octanol–water partition coefficient (Wildman–Crippen LogP) is 4.08. The molecule has 0 amide bonds. The lowest BCUT2D eigenvalue weighted by atomic mass is 9.80. The van der Waals surface area contributed by atoms with E-state index in [1.165, 1.54) is 6.42 Å². The summed E-state index contributed by atoms with van der Waals surface area (Å²) in [5, 5.41) is 9.53. The molecule has 3 heteroatoms. The van der Waals surface area contributed by atoms with Crippen LogP contribution in [0.1, 0.15) is 32.8 Å². The highest BCUT2D eigenvalue weighted by molar-refractivity contribution is 6.33. The van der Waals surface area contributed by atoms with Crippen molar-refractivity contribution in [3.63, 3.8) is 0 Å². The molecular weight excluding hydrogens is 244 g/mol. The van der Waals surface area contributed by atoms with Crippen LogP contribution in [-0.2, 0) is 0 Å². The Morgan fingerprint density at radius 1 is 1.39 bits per heavy atom. The van der Waals surface area contributed by atoms with Gasteiger partial charge in [-0.3, -0.25) is 0 Å². The fraction of sp³-hybridized carbons (Fsp3) is 0.533. The molecule has 1 saturated heterocycles. The molecule has 1 aliphatic heterocycles. The van der Waals surface area contributed by atoms with Crippen molar-refractivity contribution in [2.75, 3.05) is 18.0 Å². The average molecular weight is 263 g/mol. The second-order valence-electron chi connectivity index (χ2n) is 6.08. The Bertz CT molecular complexity index is 482. The van der Waals surface area contributed by atoms with Crippen LogP contribution in [0.15, 0.2) is 18.2 Å². The van der Waals surface area contributed by atoms with Gasteiger partial charge in [0.1, 0.15) is 0 Å². The lowest BCUT2D eigenvalue weighted by molar-refractivity contribution is 0.263. The van der Waals surface area contributed by atoms with Crippen LogP contribution < -0.4 is 4.90 Å². The number of nitrogens with zero attached hydrogens (tertiary/aromatic N) is 2. The van der Waals surface area contributed by atoms with E-state index >= 15 is 0 Å². The molecule has 18 heavy (non-hydrogen) atoms.